The third-order valence-electron chi connectivity index (χ3n) is 3.50. The zero-order chi connectivity index (χ0) is 12.1. The Morgan fingerprint density at radius 3 is 2.76 bits per heavy atom. The molecule has 4 nitrogen and oxygen atoms in total. The molecule has 0 bridgehead atoms. The van der Waals surface area contributed by atoms with Crippen molar-refractivity contribution in [2.24, 2.45) is 5.41 Å². The van der Waals surface area contributed by atoms with Crippen LogP contribution in [0.3, 0.4) is 0 Å². The average molecular weight is 239 g/mol. The Morgan fingerprint density at radius 1 is 1.41 bits per heavy atom. The normalized spacial score (nSPS) is 19.7. The molecule has 4 heteroatoms. The zero-order valence-corrected chi connectivity index (χ0v) is 10.4. The Kier molecular flexibility index (Phi) is 4.20. The lowest BCUT2D eigenvalue weighted by Gasteiger charge is -2.38. The zero-order valence-electron chi connectivity index (χ0n) is 10.4. The second kappa shape index (κ2) is 5.67. The van der Waals surface area contributed by atoms with Crippen LogP contribution in [0, 0.1) is 5.41 Å². The largest absolute Gasteiger partial charge is 0.468 e. The number of ether oxygens (including phenoxy) is 1. The summed E-state index contributed by atoms with van der Waals surface area (Å²) in [4.78, 5) is 2.21. The Bertz CT molecular complexity index is 317. The molecule has 1 aliphatic rings. The molecular formula is C13H21NO3. The van der Waals surface area contributed by atoms with Crippen LogP contribution in [-0.4, -0.2) is 43.4 Å². The molecule has 0 aromatic carbocycles. The fourth-order valence-corrected chi connectivity index (χ4v) is 2.47. The van der Waals surface area contributed by atoms with Crippen molar-refractivity contribution >= 4 is 0 Å². The molecule has 17 heavy (non-hydrogen) atoms. The van der Waals surface area contributed by atoms with E-state index in [1.54, 1.807) is 6.26 Å². The Labute approximate surface area is 102 Å². The first-order chi connectivity index (χ1) is 8.24. The lowest BCUT2D eigenvalue weighted by molar-refractivity contribution is -0.0324. The van der Waals surface area contributed by atoms with E-state index in [0.29, 0.717) is 0 Å². The molecule has 1 aromatic heterocycles. The van der Waals surface area contributed by atoms with Crippen LogP contribution in [0.2, 0.25) is 0 Å². The molecule has 1 fully saturated rings. The fraction of sp³-hybridized carbons (Fsp3) is 0.692. The van der Waals surface area contributed by atoms with Crippen molar-refractivity contribution < 1.29 is 14.3 Å². The standard InChI is InChI=1S/C13H21NO3/c1-14(9-12-3-2-6-17-12)10-13(11-15)4-7-16-8-5-13/h2-3,6,15H,4-5,7-11H2,1H3. The quantitative estimate of drug-likeness (QED) is 0.846. The van der Waals surface area contributed by atoms with Gasteiger partial charge in [0.1, 0.15) is 5.76 Å². The molecular weight excluding hydrogens is 218 g/mol. The summed E-state index contributed by atoms with van der Waals surface area (Å²) in [5.41, 5.74) is -0.000404. The van der Waals surface area contributed by atoms with E-state index in [-0.39, 0.29) is 12.0 Å². The summed E-state index contributed by atoms with van der Waals surface area (Å²) in [5, 5.41) is 9.61. The van der Waals surface area contributed by atoms with Gasteiger partial charge in [0.05, 0.1) is 19.4 Å². The van der Waals surface area contributed by atoms with Crippen molar-refractivity contribution in [2.45, 2.75) is 19.4 Å². The molecule has 1 aliphatic heterocycles. The number of rotatable bonds is 5. The minimum atomic E-state index is -0.000404. The summed E-state index contributed by atoms with van der Waals surface area (Å²) < 4.78 is 10.7. The van der Waals surface area contributed by atoms with E-state index >= 15 is 0 Å². The van der Waals surface area contributed by atoms with Gasteiger partial charge in [-0.15, -0.1) is 0 Å². The summed E-state index contributed by atoms with van der Waals surface area (Å²) in [6, 6.07) is 3.88. The topological polar surface area (TPSA) is 45.8 Å². The van der Waals surface area contributed by atoms with Crippen LogP contribution in [0.5, 0.6) is 0 Å². The second-order valence-corrected chi connectivity index (χ2v) is 5.02. The molecule has 2 rings (SSSR count). The van der Waals surface area contributed by atoms with Gasteiger partial charge >= 0.3 is 0 Å². The molecule has 1 aromatic rings. The maximum Gasteiger partial charge on any atom is 0.117 e. The smallest absolute Gasteiger partial charge is 0.117 e. The van der Waals surface area contributed by atoms with Gasteiger partial charge in [0.2, 0.25) is 0 Å². The summed E-state index contributed by atoms with van der Waals surface area (Å²) in [7, 11) is 2.06. The Balaban J connectivity index is 1.89. The molecule has 0 amide bonds. The maximum absolute atomic E-state index is 9.61. The molecule has 0 aliphatic carbocycles. The summed E-state index contributed by atoms with van der Waals surface area (Å²) in [5.74, 6) is 0.965. The third kappa shape index (κ3) is 3.31. The number of aliphatic hydroxyl groups excluding tert-OH is 1. The monoisotopic (exact) mass is 239 g/mol. The molecule has 0 radical (unpaired) electrons. The predicted molar refractivity (Wildman–Crippen MR) is 64.6 cm³/mol. The van der Waals surface area contributed by atoms with Gasteiger partial charge in [0, 0.05) is 25.2 Å². The lowest BCUT2D eigenvalue weighted by atomic mass is 9.80. The molecule has 0 unspecified atom stereocenters. The van der Waals surface area contributed by atoms with Crippen LogP contribution in [-0.2, 0) is 11.3 Å². The van der Waals surface area contributed by atoms with Crippen molar-refractivity contribution in [2.75, 3.05) is 33.4 Å². The van der Waals surface area contributed by atoms with Crippen molar-refractivity contribution in [3.8, 4) is 0 Å². The van der Waals surface area contributed by atoms with Gasteiger partial charge in [-0.1, -0.05) is 0 Å². The highest BCUT2D eigenvalue weighted by Gasteiger charge is 2.33. The number of hydrogen-bond acceptors (Lipinski definition) is 4. The van der Waals surface area contributed by atoms with Gasteiger partial charge in [-0.2, -0.15) is 0 Å². The van der Waals surface area contributed by atoms with Crippen LogP contribution in [0.1, 0.15) is 18.6 Å². The molecule has 0 saturated carbocycles. The van der Waals surface area contributed by atoms with E-state index in [9.17, 15) is 5.11 Å². The van der Waals surface area contributed by atoms with E-state index < -0.39 is 0 Å². The van der Waals surface area contributed by atoms with Gasteiger partial charge in [0.15, 0.2) is 0 Å². The molecule has 1 saturated heterocycles. The number of hydrogen-bond donors (Lipinski definition) is 1. The van der Waals surface area contributed by atoms with Crippen LogP contribution in [0.15, 0.2) is 22.8 Å². The first kappa shape index (κ1) is 12.6. The van der Waals surface area contributed by atoms with E-state index in [1.165, 1.54) is 0 Å². The third-order valence-corrected chi connectivity index (χ3v) is 3.50. The molecule has 0 atom stereocenters. The van der Waals surface area contributed by atoms with Gasteiger partial charge in [-0.25, -0.2) is 0 Å². The van der Waals surface area contributed by atoms with E-state index in [2.05, 4.69) is 11.9 Å². The van der Waals surface area contributed by atoms with E-state index in [0.717, 1.165) is 44.9 Å². The van der Waals surface area contributed by atoms with Crippen LogP contribution in [0.25, 0.3) is 0 Å². The Morgan fingerprint density at radius 2 is 2.18 bits per heavy atom. The highest BCUT2D eigenvalue weighted by Crippen LogP contribution is 2.31. The first-order valence-electron chi connectivity index (χ1n) is 6.14. The van der Waals surface area contributed by atoms with Gasteiger partial charge in [-0.3, -0.25) is 4.90 Å². The van der Waals surface area contributed by atoms with Gasteiger partial charge < -0.3 is 14.3 Å². The van der Waals surface area contributed by atoms with Crippen LogP contribution < -0.4 is 0 Å². The minimum Gasteiger partial charge on any atom is -0.468 e. The number of furan rings is 1. The lowest BCUT2D eigenvalue weighted by Crippen LogP contribution is -2.42. The fourth-order valence-electron chi connectivity index (χ4n) is 2.47. The maximum atomic E-state index is 9.61. The molecule has 1 N–H and O–H groups in total. The summed E-state index contributed by atoms with van der Waals surface area (Å²) >= 11 is 0. The highest BCUT2D eigenvalue weighted by molar-refractivity contribution is 4.98. The van der Waals surface area contributed by atoms with E-state index in [4.69, 9.17) is 9.15 Å². The Hall–Kier alpha value is -0.840. The highest BCUT2D eigenvalue weighted by atomic mass is 16.5. The molecule has 0 spiro atoms. The van der Waals surface area contributed by atoms with Crippen molar-refractivity contribution in [1.29, 1.82) is 0 Å². The minimum absolute atomic E-state index is 0.000404. The average Bonchev–Trinajstić information content (AvgIpc) is 2.83. The predicted octanol–water partition coefficient (Wildman–Crippen LogP) is 1.50. The second-order valence-electron chi connectivity index (χ2n) is 5.02. The van der Waals surface area contributed by atoms with Crippen LogP contribution >= 0.6 is 0 Å². The van der Waals surface area contributed by atoms with Crippen LogP contribution in [0.4, 0.5) is 0 Å². The van der Waals surface area contributed by atoms with Crippen molar-refractivity contribution in [3.63, 3.8) is 0 Å². The molecule has 2 heterocycles. The number of nitrogens with zero attached hydrogens (tertiary/aromatic N) is 1. The van der Waals surface area contributed by atoms with Crippen molar-refractivity contribution in [1.82, 2.24) is 4.90 Å². The van der Waals surface area contributed by atoms with Gasteiger partial charge in [-0.05, 0) is 32.0 Å². The summed E-state index contributed by atoms with van der Waals surface area (Å²) in [6.07, 6.45) is 3.57. The van der Waals surface area contributed by atoms with Crippen molar-refractivity contribution in [3.05, 3.63) is 24.2 Å². The molecule has 96 valence electrons. The summed E-state index contributed by atoms with van der Waals surface area (Å²) in [6.45, 7) is 3.42. The SMILES string of the molecule is CN(Cc1ccco1)CC1(CO)CCOCC1. The van der Waals surface area contributed by atoms with Gasteiger partial charge in [0.25, 0.3) is 0 Å². The number of aliphatic hydroxyl groups is 1. The first-order valence-corrected chi connectivity index (χ1v) is 6.14. The van der Waals surface area contributed by atoms with E-state index in [1.807, 2.05) is 12.1 Å².